The number of methoxy groups -OCH3 is 2. The van der Waals surface area contributed by atoms with Gasteiger partial charge in [-0.25, -0.2) is 0 Å². The molecule has 9 heteroatoms. The molecular formula is C19H16ClN3O5. The number of fused-ring (bicyclic) bond motifs is 2. The molecule has 0 radical (unpaired) electrons. The number of nitrogens with zero attached hydrogens (tertiary/aromatic N) is 2. The Hall–Kier alpha value is -3.13. The fourth-order valence-corrected chi connectivity index (χ4v) is 3.90. The number of rotatable bonds is 4. The van der Waals surface area contributed by atoms with Crippen molar-refractivity contribution in [2.45, 2.75) is 18.4 Å². The third kappa shape index (κ3) is 2.45. The van der Waals surface area contributed by atoms with Crippen molar-refractivity contribution >= 4 is 35.0 Å². The molecule has 28 heavy (non-hydrogen) atoms. The minimum absolute atomic E-state index is 0.136. The zero-order valence-corrected chi connectivity index (χ0v) is 15.9. The Labute approximate surface area is 165 Å². The molecule has 8 nitrogen and oxygen atoms in total. The van der Waals surface area contributed by atoms with Crippen molar-refractivity contribution in [3.05, 3.63) is 46.7 Å². The first kappa shape index (κ1) is 18.2. The summed E-state index contributed by atoms with van der Waals surface area (Å²) >= 11 is 6.07. The summed E-state index contributed by atoms with van der Waals surface area (Å²) in [6.45, 7) is -0.136. The minimum Gasteiger partial charge on any atom is -0.493 e. The highest BCUT2D eigenvalue weighted by Crippen LogP contribution is 2.47. The van der Waals surface area contributed by atoms with E-state index >= 15 is 0 Å². The first-order valence-electron chi connectivity index (χ1n) is 8.44. The van der Waals surface area contributed by atoms with Crippen molar-refractivity contribution in [3.63, 3.8) is 0 Å². The van der Waals surface area contributed by atoms with Crippen LogP contribution in [0.2, 0.25) is 5.02 Å². The molecule has 144 valence electrons. The second-order valence-electron chi connectivity index (χ2n) is 6.50. The molecule has 0 bridgehead atoms. The predicted octanol–water partition coefficient (Wildman–Crippen LogP) is 1.90. The van der Waals surface area contributed by atoms with Crippen molar-refractivity contribution in [3.8, 4) is 11.5 Å². The van der Waals surface area contributed by atoms with E-state index in [9.17, 15) is 14.4 Å². The van der Waals surface area contributed by atoms with Crippen LogP contribution in [0.25, 0.3) is 0 Å². The van der Waals surface area contributed by atoms with Gasteiger partial charge in [0.2, 0.25) is 17.7 Å². The highest BCUT2D eigenvalue weighted by Gasteiger charge is 2.61. The van der Waals surface area contributed by atoms with Crippen molar-refractivity contribution < 1.29 is 23.9 Å². The lowest BCUT2D eigenvalue weighted by Crippen LogP contribution is -2.43. The molecule has 1 N–H and O–H groups in total. The van der Waals surface area contributed by atoms with Gasteiger partial charge in [0.25, 0.3) is 0 Å². The molecule has 2 aliphatic heterocycles. The summed E-state index contributed by atoms with van der Waals surface area (Å²) in [6, 6.07) is 6.40. The number of hydrogen-bond acceptors (Lipinski definition) is 6. The lowest BCUT2D eigenvalue weighted by atomic mass is 9.80. The molecule has 1 atom stereocenters. The van der Waals surface area contributed by atoms with Crippen molar-refractivity contribution in [2.24, 2.45) is 0 Å². The number of benzene rings is 1. The Morgan fingerprint density at radius 1 is 1.21 bits per heavy atom. The maximum atomic E-state index is 13.3. The third-order valence-corrected chi connectivity index (χ3v) is 5.31. The number of halogens is 1. The van der Waals surface area contributed by atoms with Gasteiger partial charge >= 0.3 is 0 Å². The summed E-state index contributed by atoms with van der Waals surface area (Å²) in [7, 11) is 2.92. The molecule has 4 rings (SSSR count). The summed E-state index contributed by atoms with van der Waals surface area (Å²) in [4.78, 5) is 44.0. The average molecular weight is 402 g/mol. The van der Waals surface area contributed by atoms with Crippen LogP contribution < -0.4 is 14.8 Å². The van der Waals surface area contributed by atoms with Gasteiger partial charge in [-0.1, -0.05) is 11.6 Å². The van der Waals surface area contributed by atoms with E-state index in [0.717, 1.165) is 4.90 Å². The van der Waals surface area contributed by atoms with E-state index in [2.05, 4.69) is 10.3 Å². The quantitative estimate of drug-likeness (QED) is 0.620. The molecule has 1 saturated heterocycles. The lowest BCUT2D eigenvalue weighted by Gasteiger charge is -2.21. The standard InChI is InChI=1S/C19H16ClN3O5/c1-27-14-5-6-21-13(16(14)28-2)9-23-15(24)8-19(18(23)26)11-7-10(20)3-4-12(11)22-17(19)25/h3-7H,8-9H2,1-2H3,(H,22,25). The summed E-state index contributed by atoms with van der Waals surface area (Å²) in [6.07, 6.45) is 1.23. The summed E-state index contributed by atoms with van der Waals surface area (Å²) < 4.78 is 10.6. The van der Waals surface area contributed by atoms with E-state index in [1.165, 1.54) is 20.4 Å². The number of amides is 3. The molecular weight excluding hydrogens is 386 g/mol. The predicted molar refractivity (Wildman–Crippen MR) is 99.3 cm³/mol. The summed E-state index contributed by atoms with van der Waals surface area (Å²) in [5.74, 6) is -0.860. The number of hydrogen-bond donors (Lipinski definition) is 1. The smallest absolute Gasteiger partial charge is 0.250 e. The van der Waals surface area contributed by atoms with Gasteiger partial charge in [0.1, 0.15) is 5.69 Å². The van der Waals surface area contributed by atoms with Crippen LogP contribution in [0.1, 0.15) is 17.7 Å². The number of likely N-dealkylation sites (tertiary alicyclic amines) is 1. The minimum atomic E-state index is -1.61. The van der Waals surface area contributed by atoms with Crippen molar-refractivity contribution in [1.29, 1.82) is 0 Å². The van der Waals surface area contributed by atoms with Gasteiger partial charge in [0.05, 0.1) is 27.2 Å². The fourth-order valence-electron chi connectivity index (χ4n) is 3.73. The Bertz CT molecular complexity index is 1020. The van der Waals surface area contributed by atoms with E-state index < -0.39 is 23.1 Å². The van der Waals surface area contributed by atoms with Gasteiger partial charge in [0.15, 0.2) is 16.9 Å². The van der Waals surface area contributed by atoms with Crippen LogP contribution in [-0.2, 0) is 26.3 Å². The Morgan fingerprint density at radius 2 is 2.00 bits per heavy atom. The number of anilines is 1. The number of imide groups is 1. The molecule has 3 heterocycles. The van der Waals surface area contributed by atoms with Gasteiger partial charge in [-0.2, -0.15) is 0 Å². The number of carbonyl (C=O) groups is 3. The maximum Gasteiger partial charge on any atom is 0.250 e. The van der Waals surface area contributed by atoms with Crippen LogP contribution in [0.4, 0.5) is 5.69 Å². The molecule has 1 aromatic heterocycles. The van der Waals surface area contributed by atoms with E-state index in [-0.39, 0.29) is 13.0 Å². The maximum absolute atomic E-state index is 13.3. The van der Waals surface area contributed by atoms with Gasteiger partial charge in [-0.15, -0.1) is 0 Å². The highest BCUT2D eigenvalue weighted by molar-refractivity contribution is 6.32. The zero-order chi connectivity index (χ0) is 20.1. The van der Waals surface area contributed by atoms with Crippen LogP contribution >= 0.6 is 11.6 Å². The number of aromatic nitrogens is 1. The van der Waals surface area contributed by atoms with Crippen LogP contribution in [0.5, 0.6) is 11.5 Å². The monoisotopic (exact) mass is 401 g/mol. The topological polar surface area (TPSA) is 97.8 Å². The molecule has 3 amide bonds. The van der Waals surface area contributed by atoms with Crippen molar-refractivity contribution in [2.75, 3.05) is 19.5 Å². The van der Waals surface area contributed by atoms with Crippen LogP contribution in [-0.4, -0.2) is 41.8 Å². The Balaban J connectivity index is 1.74. The second-order valence-corrected chi connectivity index (χ2v) is 6.94. The van der Waals surface area contributed by atoms with E-state index in [4.69, 9.17) is 21.1 Å². The van der Waals surface area contributed by atoms with Gasteiger partial charge in [-0.05, 0) is 18.2 Å². The third-order valence-electron chi connectivity index (χ3n) is 5.08. The SMILES string of the molecule is COc1ccnc(CN2C(=O)CC3(C(=O)Nc4ccc(Cl)cc43)C2=O)c1OC. The molecule has 0 saturated carbocycles. The van der Waals surface area contributed by atoms with Crippen molar-refractivity contribution in [1.82, 2.24) is 9.88 Å². The molecule has 1 spiro atoms. The first-order valence-corrected chi connectivity index (χ1v) is 8.82. The molecule has 2 aromatic rings. The van der Waals surface area contributed by atoms with E-state index in [1.807, 2.05) is 0 Å². The molecule has 1 fully saturated rings. The van der Waals surface area contributed by atoms with E-state index in [1.54, 1.807) is 24.3 Å². The van der Waals surface area contributed by atoms with Crippen LogP contribution in [0.3, 0.4) is 0 Å². The largest absolute Gasteiger partial charge is 0.493 e. The number of carbonyl (C=O) groups excluding carboxylic acids is 3. The zero-order valence-electron chi connectivity index (χ0n) is 15.1. The summed E-state index contributed by atoms with van der Waals surface area (Å²) in [5, 5.41) is 3.06. The van der Waals surface area contributed by atoms with Gasteiger partial charge in [0, 0.05) is 28.5 Å². The first-order chi connectivity index (χ1) is 13.4. The average Bonchev–Trinajstić information content (AvgIpc) is 3.10. The molecule has 1 unspecified atom stereocenters. The fraction of sp³-hybridized carbons (Fsp3) is 0.263. The number of pyridine rings is 1. The lowest BCUT2D eigenvalue weighted by molar-refractivity contribution is -0.141. The number of ether oxygens (including phenoxy) is 2. The second kappa shape index (κ2) is 6.49. The molecule has 0 aliphatic carbocycles. The van der Waals surface area contributed by atoms with Gasteiger partial charge in [-0.3, -0.25) is 24.3 Å². The van der Waals surface area contributed by atoms with Gasteiger partial charge < -0.3 is 14.8 Å². The van der Waals surface area contributed by atoms with E-state index in [0.29, 0.717) is 33.5 Å². The Morgan fingerprint density at radius 3 is 2.71 bits per heavy atom. The number of nitrogens with one attached hydrogen (secondary N) is 1. The van der Waals surface area contributed by atoms with Crippen LogP contribution in [0.15, 0.2) is 30.5 Å². The molecule has 1 aromatic carbocycles. The summed E-state index contributed by atoms with van der Waals surface area (Å²) in [5.41, 5.74) is -0.361. The highest BCUT2D eigenvalue weighted by atomic mass is 35.5. The Kier molecular flexibility index (Phi) is 4.23. The normalized spacial score (nSPS) is 20.5. The van der Waals surface area contributed by atoms with Crippen LogP contribution in [0, 0.1) is 0 Å². The molecule has 2 aliphatic rings.